The number of carbonyl (C=O) groups excluding carboxylic acids is 1. The third-order valence-corrected chi connectivity index (χ3v) is 4.93. The Morgan fingerprint density at radius 1 is 1.09 bits per heavy atom. The number of hydrogen-bond donors (Lipinski definition) is 1. The highest BCUT2D eigenvalue weighted by Crippen LogP contribution is 2.23. The second kappa shape index (κ2) is 9.67. The highest BCUT2D eigenvalue weighted by Gasteiger charge is 2.13. The van der Waals surface area contributed by atoms with Crippen LogP contribution in [0.1, 0.15) is 41.8 Å². The van der Waals surface area contributed by atoms with Gasteiger partial charge in [-0.05, 0) is 49.7 Å². The molecule has 0 aliphatic heterocycles. The molecule has 0 unspecified atom stereocenters. The summed E-state index contributed by atoms with van der Waals surface area (Å²) in [6.07, 6.45) is 2.90. The van der Waals surface area contributed by atoms with E-state index in [4.69, 9.17) is 9.47 Å². The van der Waals surface area contributed by atoms with Crippen molar-refractivity contribution >= 4 is 22.5 Å². The number of pyridine rings is 2. The summed E-state index contributed by atoms with van der Waals surface area (Å²) in [5, 5.41) is 3.75. The highest BCUT2D eigenvalue weighted by molar-refractivity contribution is 5.92. The quantitative estimate of drug-likeness (QED) is 0.430. The van der Waals surface area contributed by atoms with Crippen molar-refractivity contribution in [3.05, 3.63) is 88.1 Å². The molecular weight excluding hydrogens is 408 g/mol. The Bertz CT molecular complexity index is 1310. The molecule has 4 rings (SSSR count). The average molecular weight is 432 g/mol. The van der Waals surface area contributed by atoms with E-state index >= 15 is 0 Å². The van der Waals surface area contributed by atoms with Gasteiger partial charge in [-0.3, -0.25) is 19.0 Å². The topological polar surface area (TPSA) is 94.8 Å². The predicted molar refractivity (Wildman–Crippen MR) is 120 cm³/mol. The lowest BCUT2D eigenvalue weighted by atomic mass is 10.1. The van der Waals surface area contributed by atoms with Gasteiger partial charge in [0.25, 0.3) is 11.5 Å². The molecule has 1 amide bonds. The van der Waals surface area contributed by atoms with Gasteiger partial charge in [-0.1, -0.05) is 12.1 Å². The third-order valence-electron chi connectivity index (χ3n) is 4.93. The molecule has 32 heavy (non-hydrogen) atoms. The number of amides is 1. The van der Waals surface area contributed by atoms with Gasteiger partial charge in [-0.15, -0.1) is 0 Å². The van der Waals surface area contributed by atoms with Gasteiger partial charge in [0.05, 0.1) is 5.52 Å². The van der Waals surface area contributed by atoms with E-state index in [0.717, 1.165) is 22.0 Å². The Kier molecular flexibility index (Phi) is 6.53. The first-order valence-electron chi connectivity index (χ1n) is 10.5. The number of aromatic nitrogens is 3. The lowest BCUT2D eigenvalue weighted by molar-refractivity contribution is -0.140. The minimum atomic E-state index is -0.469. The summed E-state index contributed by atoms with van der Waals surface area (Å²) in [6, 6.07) is 14.2. The van der Waals surface area contributed by atoms with Crippen molar-refractivity contribution in [2.75, 3.05) is 13.2 Å². The summed E-state index contributed by atoms with van der Waals surface area (Å²) in [4.78, 5) is 33.6. The van der Waals surface area contributed by atoms with E-state index in [9.17, 15) is 9.59 Å². The molecular formula is C24H24N4O4. The first-order valence-corrected chi connectivity index (χ1v) is 10.5. The number of ether oxygens (including phenoxy) is 2. The van der Waals surface area contributed by atoms with Crippen molar-refractivity contribution in [3.8, 4) is 0 Å². The lowest BCUT2D eigenvalue weighted by Gasteiger charge is -2.17. The van der Waals surface area contributed by atoms with E-state index in [1.165, 1.54) is 10.5 Å². The van der Waals surface area contributed by atoms with Gasteiger partial charge in [-0.25, -0.2) is 4.98 Å². The summed E-state index contributed by atoms with van der Waals surface area (Å²) in [6.45, 7) is 5.18. The van der Waals surface area contributed by atoms with E-state index in [1.54, 1.807) is 30.6 Å². The van der Waals surface area contributed by atoms with Crippen LogP contribution < -0.4 is 10.9 Å². The van der Waals surface area contributed by atoms with Crippen LogP contribution in [0.5, 0.6) is 0 Å². The molecule has 0 bridgehead atoms. The number of benzene rings is 1. The molecule has 0 atom stereocenters. The van der Waals surface area contributed by atoms with Crippen molar-refractivity contribution in [3.63, 3.8) is 0 Å². The van der Waals surface area contributed by atoms with Crippen LogP contribution in [0, 0.1) is 0 Å². The van der Waals surface area contributed by atoms with Crippen molar-refractivity contribution in [1.29, 1.82) is 0 Å². The third kappa shape index (κ3) is 4.66. The van der Waals surface area contributed by atoms with Crippen LogP contribution in [0.15, 0.2) is 65.7 Å². The minimum Gasteiger partial charge on any atom is -0.349 e. The van der Waals surface area contributed by atoms with Crippen molar-refractivity contribution in [1.82, 2.24) is 19.7 Å². The summed E-state index contributed by atoms with van der Waals surface area (Å²) in [7, 11) is 0. The fraction of sp³-hybridized carbons (Fsp3) is 0.250. The molecule has 0 radical (unpaired) electrons. The second-order valence-electron chi connectivity index (χ2n) is 7.13. The molecule has 1 N–H and O–H groups in total. The SMILES string of the molecule is CCOC(OCC)c1cnc2ccc(CNC(=O)c3cc(=O)n4ccccc4n3)cc2c1. The molecule has 3 aromatic heterocycles. The van der Waals surface area contributed by atoms with Crippen molar-refractivity contribution < 1.29 is 14.3 Å². The van der Waals surface area contributed by atoms with Crippen LogP contribution in [-0.2, 0) is 16.0 Å². The Morgan fingerprint density at radius 3 is 2.69 bits per heavy atom. The van der Waals surface area contributed by atoms with Crippen LogP contribution >= 0.6 is 0 Å². The van der Waals surface area contributed by atoms with E-state index in [2.05, 4.69) is 15.3 Å². The average Bonchev–Trinajstić information content (AvgIpc) is 2.82. The number of fused-ring (bicyclic) bond motifs is 2. The van der Waals surface area contributed by atoms with Crippen LogP contribution in [0.25, 0.3) is 16.6 Å². The van der Waals surface area contributed by atoms with Gasteiger partial charge in [-0.2, -0.15) is 0 Å². The number of nitrogens with one attached hydrogen (secondary N) is 1. The maximum atomic E-state index is 12.6. The monoisotopic (exact) mass is 432 g/mol. The molecule has 0 saturated carbocycles. The molecule has 8 nitrogen and oxygen atoms in total. The number of nitrogens with zero attached hydrogens (tertiary/aromatic N) is 3. The largest absolute Gasteiger partial charge is 0.349 e. The van der Waals surface area contributed by atoms with Crippen LogP contribution in [0.3, 0.4) is 0 Å². The zero-order chi connectivity index (χ0) is 22.5. The fourth-order valence-corrected chi connectivity index (χ4v) is 3.42. The zero-order valence-electron chi connectivity index (χ0n) is 17.9. The van der Waals surface area contributed by atoms with Gasteiger partial charge >= 0.3 is 0 Å². The molecule has 0 fully saturated rings. The zero-order valence-corrected chi connectivity index (χ0v) is 17.9. The van der Waals surface area contributed by atoms with E-state index in [0.29, 0.717) is 18.9 Å². The Labute approximate surface area is 184 Å². The summed E-state index contributed by atoms with van der Waals surface area (Å²) < 4.78 is 12.7. The molecule has 164 valence electrons. The maximum absolute atomic E-state index is 12.6. The Balaban J connectivity index is 1.52. The number of carbonyl (C=O) groups is 1. The Morgan fingerprint density at radius 2 is 1.91 bits per heavy atom. The molecule has 0 aliphatic carbocycles. The molecule has 0 spiro atoms. The van der Waals surface area contributed by atoms with Crippen LogP contribution in [-0.4, -0.2) is 33.5 Å². The van der Waals surface area contributed by atoms with E-state index < -0.39 is 12.2 Å². The Hall–Kier alpha value is -3.62. The first-order chi connectivity index (χ1) is 15.6. The second-order valence-corrected chi connectivity index (χ2v) is 7.13. The number of hydrogen-bond acceptors (Lipinski definition) is 6. The van der Waals surface area contributed by atoms with Crippen LogP contribution in [0.4, 0.5) is 0 Å². The number of rotatable bonds is 8. The van der Waals surface area contributed by atoms with Crippen LogP contribution in [0.2, 0.25) is 0 Å². The van der Waals surface area contributed by atoms with Gasteiger partial charge in [0.2, 0.25) is 0 Å². The van der Waals surface area contributed by atoms with Gasteiger partial charge in [0.15, 0.2) is 6.29 Å². The molecule has 0 saturated heterocycles. The van der Waals surface area contributed by atoms with E-state index in [1.807, 2.05) is 38.1 Å². The predicted octanol–water partition coefficient (Wildman–Crippen LogP) is 3.24. The summed E-state index contributed by atoms with van der Waals surface area (Å²) in [5.74, 6) is -0.409. The van der Waals surface area contributed by atoms with Gasteiger partial charge in [0, 0.05) is 49.2 Å². The van der Waals surface area contributed by atoms with Crippen molar-refractivity contribution in [2.45, 2.75) is 26.7 Å². The normalized spacial score (nSPS) is 11.3. The maximum Gasteiger partial charge on any atom is 0.270 e. The summed E-state index contributed by atoms with van der Waals surface area (Å²) >= 11 is 0. The first kappa shape index (κ1) is 21.6. The van der Waals surface area contributed by atoms with Crippen molar-refractivity contribution in [2.24, 2.45) is 0 Å². The molecule has 3 heterocycles. The molecule has 4 aromatic rings. The fourth-order valence-electron chi connectivity index (χ4n) is 3.42. The molecule has 8 heteroatoms. The van der Waals surface area contributed by atoms with Gasteiger partial charge < -0.3 is 14.8 Å². The molecule has 0 aliphatic rings. The highest BCUT2D eigenvalue weighted by atomic mass is 16.7. The minimum absolute atomic E-state index is 0.0854. The summed E-state index contributed by atoms with van der Waals surface area (Å²) in [5.41, 5.74) is 2.77. The molecule has 1 aromatic carbocycles. The van der Waals surface area contributed by atoms with E-state index in [-0.39, 0.29) is 17.8 Å². The lowest BCUT2D eigenvalue weighted by Crippen LogP contribution is -2.26. The standard InChI is InChI=1S/C24H24N4O4/c1-3-31-24(32-4-2)18-12-17-11-16(8-9-19(17)25-15-18)14-26-23(30)20-13-22(29)28-10-6-5-7-21(28)27-20/h5-13,15,24H,3-4,14H2,1-2H3,(H,26,30). The smallest absolute Gasteiger partial charge is 0.270 e. The van der Waals surface area contributed by atoms with Gasteiger partial charge in [0.1, 0.15) is 11.3 Å².